The average molecular weight is 260 g/mol. The summed E-state index contributed by atoms with van der Waals surface area (Å²) >= 11 is 7.12. The number of amides is 1. The summed E-state index contributed by atoms with van der Waals surface area (Å²) < 4.78 is 0. The molecule has 0 atom stereocenters. The highest BCUT2D eigenvalue weighted by Gasteiger charge is 2.06. The Morgan fingerprint density at radius 1 is 1.31 bits per heavy atom. The van der Waals surface area contributed by atoms with Crippen LogP contribution in [0.1, 0.15) is 40.2 Å². The van der Waals surface area contributed by atoms with Crippen molar-refractivity contribution in [1.29, 1.82) is 0 Å². The van der Waals surface area contributed by atoms with Gasteiger partial charge in [0, 0.05) is 17.3 Å². The molecule has 16 heavy (non-hydrogen) atoms. The van der Waals surface area contributed by atoms with Crippen molar-refractivity contribution >= 4 is 28.8 Å². The van der Waals surface area contributed by atoms with Crippen molar-refractivity contribution in [2.75, 3.05) is 12.4 Å². The number of thiophene rings is 1. The largest absolute Gasteiger partial charge is 0.351 e. The van der Waals surface area contributed by atoms with E-state index in [2.05, 4.69) is 5.32 Å². The topological polar surface area (TPSA) is 29.1 Å². The number of unbranched alkanes of at least 4 members (excludes halogenated alkanes) is 3. The van der Waals surface area contributed by atoms with Gasteiger partial charge in [-0.2, -0.15) is 0 Å². The maximum absolute atomic E-state index is 11.6. The molecule has 4 heteroatoms. The van der Waals surface area contributed by atoms with E-state index in [0.29, 0.717) is 0 Å². The smallest absolute Gasteiger partial charge is 0.261 e. The molecule has 0 unspecified atom stereocenters. The van der Waals surface area contributed by atoms with Crippen molar-refractivity contribution in [2.45, 2.75) is 32.6 Å². The maximum atomic E-state index is 11.6. The second-order valence-electron chi connectivity index (χ2n) is 3.77. The first-order valence-corrected chi connectivity index (χ1v) is 6.99. The first-order chi connectivity index (χ1) is 7.74. The van der Waals surface area contributed by atoms with E-state index in [1.54, 1.807) is 0 Å². The van der Waals surface area contributed by atoms with Gasteiger partial charge in [0.2, 0.25) is 0 Å². The fraction of sp³-hybridized carbons (Fsp3) is 0.583. The number of carbonyl (C=O) groups excluding carboxylic acids is 1. The Kier molecular flexibility index (Phi) is 6.50. The van der Waals surface area contributed by atoms with Gasteiger partial charge in [-0.1, -0.05) is 12.8 Å². The zero-order valence-electron chi connectivity index (χ0n) is 9.59. The van der Waals surface area contributed by atoms with Gasteiger partial charge in [-0.3, -0.25) is 4.79 Å². The van der Waals surface area contributed by atoms with Crippen molar-refractivity contribution in [2.24, 2.45) is 0 Å². The van der Waals surface area contributed by atoms with E-state index in [1.807, 2.05) is 19.1 Å². The van der Waals surface area contributed by atoms with Crippen LogP contribution in [0.4, 0.5) is 0 Å². The van der Waals surface area contributed by atoms with Gasteiger partial charge in [-0.05, 0) is 31.9 Å². The Balaban J connectivity index is 2.11. The molecule has 0 aliphatic carbocycles. The Bertz CT molecular complexity index is 325. The SMILES string of the molecule is Cc1ccc(C(=O)NCCCCCCCl)s1. The van der Waals surface area contributed by atoms with Gasteiger partial charge in [-0.25, -0.2) is 0 Å². The number of rotatable bonds is 7. The van der Waals surface area contributed by atoms with Crippen molar-refractivity contribution in [3.8, 4) is 0 Å². The molecule has 0 saturated heterocycles. The highest BCUT2D eigenvalue weighted by molar-refractivity contribution is 7.13. The zero-order valence-corrected chi connectivity index (χ0v) is 11.2. The minimum absolute atomic E-state index is 0.0513. The second kappa shape index (κ2) is 7.69. The Hall–Kier alpha value is -0.540. The summed E-state index contributed by atoms with van der Waals surface area (Å²) in [7, 11) is 0. The molecule has 0 bridgehead atoms. The highest BCUT2D eigenvalue weighted by Crippen LogP contribution is 2.14. The molecule has 1 amide bonds. The van der Waals surface area contributed by atoms with Gasteiger partial charge >= 0.3 is 0 Å². The summed E-state index contributed by atoms with van der Waals surface area (Å²) in [6.07, 6.45) is 4.39. The fourth-order valence-corrected chi connectivity index (χ4v) is 2.39. The first kappa shape index (κ1) is 13.5. The number of alkyl halides is 1. The molecule has 0 aromatic carbocycles. The number of nitrogens with one attached hydrogen (secondary N) is 1. The molecular formula is C12H18ClNOS. The molecule has 0 aliphatic rings. The van der Waals surface area contributed by atoms with Crippen LogP contribution in [0.2, 0.25) is 0 Å². The minimum Gasteiger partial charge on any atom is -0.351 e. The maximum Gasteiger partial charge on any atom is 0.261 e. The Morgan fingerprint density at radius 2 is 2.06 bits per heavy atom. The molecule has 1 heterocycles. The van der Waals surface area contributed by atoms with Gasteiger partial charge in [0.25, 0.3) is 5.91 Å². The van der Waals surface area contributed by atoms with Crippen LogP contribution < -0.4 is 5.32 Å². The van der Waals surface area contributed by atoms with Crippen molar-refractivity contribution in [1.82, 2.24) is 5.32 Å². The molecule has 0 radical (unpaired) electrons. The third-order valence-electron chi connectivity index (χ3n) is 2.31. The zero-order chi connectivity index (χ0) is 11.8. The molecular weight excluding hydrogens is 242 g/mol. The quantitative estimate of drug-likeness (QED) is 0.589. The van der Waals surface area contributed by atoms with E-state index < -0.39 is 0 Å². The van der Waals surface area contributed by atoms with Crippen molar-refractivity contribution < 1.29 is 4.79 Å². The molecule has 90 valence electrons. The Morgan fingerprint density at radius 3 is 2.69 bits per heavy atom. The second-order valence-corrected chi connectivity index (χ2v) is 5.44. The summed E-state index contributed by atoms with van der Waals surface area (Å²) in [6.45, 7) is 2.77. The van der Waals surface area contributed by atoms with E-state index in [1.165, 1.54) is 16.2 Å². The summed E-state index contributed by atoms with van der Waals surface area (Å²) in [4.78, 5) is 13.6. The Labute approximate surface area is 106 Å². The van der Waals surface area contributed by atoms with E-state index in [4.69, 9.17) is 11.6 Å². The fourth-order valence-electron chi connectivity index (χ4n) is 1.42. The average Bonchev–Trinajstić information content (AvgIpc) is 2.70. The van der Waals surface area contributed by atoms with E-state index in [-0.39, 0.29) is 5.91 Å². The van der Waals surface area contributed by atoms with Gasteiger partial charge < -0.3 is 5.32 Å². The van der Waals surface area contributed by atoms with Gasteiger partial charge in [0.1, 0.15) is 0 Å². The van der Waals surface area contributed by atoms with Gasteiger partial charge in [0.05, 0.1) is 4.88 Å². The molecule has 1 rings (SSSR count). The first-order valence-electron chi connectivity index (χ1n) is 5.64. The molecule has 2 nitrogen and oxygen atoms in total. The molecule has 1 N–H and O–H groups in total. The molecule has 0 fully saturated rings. The van der Waals surface area contributed by atoms with E-state index >= 15 is 0 Å². The lowest BCUT2D eigenvalue weighted by atomic mass is 10.2. The van der Waals surface area contributed by atoms with Crippen LogP contribution in [0.3, 0.4) is 0 Å². The van der Waals surface area contributed by atoms with Crippen LogP contribution in [-0.4, -0.2) is 18.3 Å². The molecule has 1 aromatic rings. The summed E-state index contributed by atoms with van der Waals surface area (Å²) in [5, 5.41) is 2.93. The summed E-state index contributed by atoms with van der Waals surface area (Å²) in [5.74, 6) is 0.788. The predicted octanol–water partition coefficient (Wildman–Crippen LogP) is 3.59. The van der Waals surface area contributed by atoms with Crippen molar-refractivity contribution in [3.05, 3.63) is 21.9 Å². The summed E-state index contributed by atoms with van der Waals surface area (Å²) in [5.41, 5.74) is 0. The molecule has 0 aliphatic heterocycles. The standard InChI is InChI=1S/C12H18ClNOS/c1-10-6-7-11(16-10)12(15)14-9-5-3-2-4-8-13/h6-7H,2-5,8-9H2,1H3,(H,14,15). The van der Waals surface area contributed by atoms with Gasteiger partial charge in [0.15, 0.2) is 0 Å². The van der Waals surface area contributed by atoms with Crippen LogP contribution in [0.15, 0.2) is 12.1 Å². The normalized spacial score (nSPS) is 10.4. The number of hydrogen-bond acceptors (Lipinski definition) is 2. The molecule has 0 spiro atoms. The van der Waals surface area contributed by atoms with Crippen LogP contribution in [-0.2, 0) is 0 Å². The van der Waals surface area contributed by atoms with Crippen LogP contribution in [0, 0.1) is 6.92 Å². The number of halogens is 1. The molecule has 0 saturated carbocycles. The van der Waals surface area contributed by atoms with Crippen LogP contribution in [0.25, 0.3) is 0 Å². The van der Waals surface area contributed by atoms with Crippen molar-refractivity contribution in [3.63, 3.8) is 0 Å². The third kappa shape index (κ3) is 4.99. The summed E-state index contributed by atoms with van der Waals surface area (Å²) in [6, 6.07) is 3.85. The number of hydrogen-bond donors (Lipinski definition) is 1. The van der Waals surface area contributed by atoms with Gasteiger partial charge in [-0.15, -0.1) is 22.9 Å². The van der Waals surface area contributed by atoms with E-state index in [9.17, 15) is 4.79 Å². The van der Waals surface area contributed by atoms with E-state index in [0.717, 1.165) is 43.0 Å². The lowest BCUT2D eigenvalue weighted by Gasteiger charge is -2.02. The highest BCUT2D eigenvalue weighted by atomic mass is 35.5. The lowest BCUT2D eigenvalue weighted by Crippen LogP contribution is -2.23. The minimum atomic E-state index is 0.0513. The molecule has 1 aromatic heterocycles. The lowest BCUT2D eigenvalue weighted by molar-refractivity contribution is 0.0957. The number of carbonyl (C=O) groups is 1. The van der Waals surface area contributed by atoms with Crippen LogP contribution in [0.5, 0.6) is 0 Å². The van der Waals surface area contributed by atoms with Crippen LogP contribution >= 0.6 is 22.9 Å². The number of aryl methyl sites for hydroxylation is 1. The monoisotopic (exact) mass is 259 g/mol. The predicted molar refractivity (Wildman–Crippen MR) is 70.6 cm³/mol. The third-order valence-corrected chi connectivity index (χ3v) is 3.58.